The van der Waals surface area contributed by atoms with Gasteiger partial charge in [0.1, 0.15) is 24.7 Å². The van der Waals surface area contributed by atoms with E-state index in [-0.39, 0.29) is 13.2 Å². The zero-order valence-electron chi connectivity index (χ0n) is 24.1. The normalized spacial score (nSPS) is 13.9. The Morgan fingerprint density at radius 3 is 2.27 bits per heavy atom. The maximum absolute atomic E-state index is 13.7. The number of benzene rings is 4. The van der Waals surface area contributed by atoms with Crippen molar-refractivity contribution in [3.63, 3.8) is 0 Å². The van der Waals surface area contributed by atoms with E-state index in [2.05, 4.69) is 50.0 Å². The largest absolute Gasteiger partial charge is 0.488 e. The van der Waals surface area contributed by atoms with Gasteiger partial charge in [-0.1, -0.05) is 41.7 Å². The Bertz CT molecular complexity index is 1840. The zero-order valence-corrected chi connectivity index (χ0v) is 24.9. The number of aryl methyl sites for hydroxylation is 5. The lowest BCUT2D eigenvalue weighted by Gasteiger charge is -2.25. The van der Waals surface area contributed by atoms with Crippen LogP contribution in [0.5, 0.6) is 11.5 Å². The van der Waals surface area contributed by atoms with Gasteiger partial charge in [-0.15, -0.1) is 0 Å². The van der Waals surface area contributed by atoms with Crippen molar-refractivity contribution in [2.24, 2.45) is 0 Å². The fourth-order valence-electron chi connectivity index (χ4n) is 5.92. The van der Waals surface area contributed by atoms with Gasteiger partial charge in [0, 0.05) is 29.8 Å². The van der Waals surface area contributed by atoms with Gasteiger partial charge in [-0.3, -0.25) is 0 Å². The molecule has 2 aliphatic rings. The van der Waals surface area contributed by atoms with Gasteiger partial charge in [0.05, 0.1) is 4.90 Å². The third kappa shape index (κ3) is 5.12. The minimum Gasteiger partial charge on any atom is -0.488 e. The molecule has 0 atom stereocenters. The number of sulfonamides is 1. The molecule has 0 aliphatic carbocycles. The van der Waals surface area contributed by atoms with Crippen LogP contribution in [-0.4, -0.2) is 19.3 Å². The Hall–Kier alpha value is -4.05. The molecule has 0 N–H and O–H groups in total. The summed E-state index contributed by atoms with van der Waals surface area (Å²) in [6.07, 6.45) is 0. The smallest absolute Gasteiger partial charge is 0.243 e. The lowest BCUT2D eigenvalue weighted by Crippen LogP contribution is -2.25. The Morgan fingerprint density at radius 2 is 1.54 bits per heavy atom. The molecular formula is C35H33NO4S. The van der Waals surface area contributed by atoms with Crippen LogP contribution in [0.1, 0.15) is 50.1 Å². The van der Waals surface area contributed by atoms with E-state index < -0.39 is 10.0 Å². The highest BCUT2D eigenvalue weighted by atomic mass is 32.2. The second-order valence-electron chi connectivity index (χ2n) is 11.2. The molecule has 2 aliphatic heterocycles. The van der Waals surface area contributed by atoms with E-state index in [9.17, 15) is 8.42 Å². The van der Waals surface area contributed by atoms with Crippen molar-refractivity contribution in [3.8, 4) is 34.5 Å². The molecule has 4 aromatic carbocycles. The Morgan fingerprint density at radius 1 is 0.829 bits per heavy atom. The molecule has 0 fully saturated rings. The monoisotopic (exact) mass is 563 g/mol. The predicted octanol–water partition coefficient (Wildman–Crippen LogP) is 6.92. The summed E-state index contributed by atoms with van der Waals surface area (Å²) >= 11 is 0. The molecule has 5 nitrogen and oxygen atoms in total. The van der Waals surface area contributed by atoms with Gasteiger partial charge in [-0.25, -0.2) is 8.42 Å². The van der Waals surface area contributed by atoms with Crippen molar-refractivity contribution in [1.29, 1.82) is 0 Å². The molecule has 0 bridgehead atoms. The highest BCUT2D eigenvalue weighted by Crippen LogP contribution is 2.45. The van der Waals surface area contributed by atoms with Crippen LogP contribution in [0.25, 0.3) is 11.1 Å². The van der Waals surface area contributed by atoms with Crippen LogP contribution in [0.2, 0.25) is 0 Å². The SMILES string of the molecule is Cc1ccc(S(=O)(=O)N2Cc3cc4c(c(C#CCOc5cc(C)cc(C)c5)c3C2)COc2cc(C)cc(C)c2-4)cc1. The summed E-state index contributed by atoms with van der Waals surface area (Å²) in [5.41, 5.74) is 11.4. The average Bonchev–Trinajstić information content (AvgIpc) is 3.35. The predicted molar refractivity (Wildman–Crippen MR) is 162 cm³/mol. The molecular weight excluding hydrogens is 530 g/mol. The zero-order chi connectivity index (χ0) is 28.9. The van der Waals surface area contributed by atoms with Crippen LogP contribution in [0.3, 0.4) is 0 Å². The lowest BCUT2D eigenvalue weighted by molar-refractivity contribution is 0.301. The maximum atomic E-state index is 13.7. The Balaban J connectivity index is 1.41. The summed E-state index contributed by atoms with van der Waals surface area (Å²) in [5, 5.41) is 0. The second-order valence-corrected chi connectivity index (χ2v) is 13.1. The standard InChI is InChI=1S/C35H33NO4S/c1-22-8-10-29(11-9-22)41(37,38)36-19-27-18-31-33(21-40-34-17-25(4)14-26(5)35(31)34)30(32(27)20-36)7-6-12-39-28-15-23(2)13-24(3)16-28/h8-11,13-18H,12,19-21H2,1-5H3. The highest BCUT2D eigenvalue weighted by molar-refractivity contribution is 7.89. The molecule has 0 radical (unpaired) electrons. The average molecular weight is 564 g/mol. The van der Waals surface area contributed by atoms with Gasteiger partial charge >= 0.3 is 0 Å². The summed E-state index contributed by atoms with van der Waals surface area (Å²) < 4.78 is 41.1. The number of rotatable bonds is 4. The number of hydrogen-bond donors (Lipinski definition) is 0. The van der Waals surface area contributed by atoms with Crippen molar-refractivity contribution in [2.45, 2.75) is 59.2 Å². The highest BCUT2D eigenvalue weighted by Gasteiger charge is 2.35. The van der Waals surface area contributed by atoms with Gasteiger partial charge in [0.15, 0.2) is 0 Å². The molecule has 0 spiro atoms. The number of fused-ring (bicyclic) bond motifs is 4. The fourth-order valence-corrected chi connectivity index (χ4v) is 7.31. The van der Waals surface area contributed by atoms with Crippen LogP contribution in [0.15, 0.2) is 65.6 Å². The topological polar surface area (TPSA) is 55.8 Å². The number of nitrogens with zero attached hydrogens (tertiary/aromatic N) is 1. The third-order valence-electron chi connectivity index (χ3n) is 7.78. The maximum Gasteiger partial charge on any atom is 0.243 e. The first-order valence-electron chi connectivity index (χ1n) is 13.8. The molecule has 0 amide bonds. The number of ether oxygens (including phenoxy) is 2. The van der Waals surface area contributed by atoms with Crippen LogP contribution >= 0.6 is 0 Å². The summed E-state index contributed by atoms with van der Waals surface area (Å²) in [7, 11) is -3.68. The van der Waals surface area contributed by atoms with Crippen LogP contribution in [0, 0.1) is 46.5 Å². The van der Waals surface area contributed by atoms with Crippen LogP contribution < -0.4 is 9.47 Å². The molecule has 2 heterocycles. The first-order chi connectivity index (χ1) is 19.6. The minimum atomic E-state index is -3.68. The van der Waals surface area contributed by atoms with E-state index in [1.165, 1.54) is 0 Å². The minimum absolute atomic E-state index is 0.225. The van der Waals surface area contributed by atoms with E-state index in [0.29, 0.717) is 18.0 Å². The molecule has 6 heteroatoms. The van der Waals surface area contributed by atoms with E-state index in [1.807, 2.05) is 45.0 Å². The summed E-state index contributed by atoms with van der Waals surface area (Å²) in [5.74, 6) is 8.23. The molecule has 6 rings (SSSR count). The molecule has 0 aromatic heterocycles. The first-order valence-corrected chi connectivity index (χ1v) is 15.2. The lowest BCUT2D eigenvalue weighted by atomic mass is 9.86. The first kappa shape index (κ1) is 27.1. The number of hydrogen-bond acceptors (Lipinski definition) is 4. The summed E-state index contributed by atoms with van der Waals surface area (Å²) in [6, 6.07) is 19.5. The summed E-state index contributed by atoms with van der Waals surface area (Å²) in [4.78, 5) is 0.301. The van der Waals surface area contributed by atoms with Gasteiger partial charge in [-0.2, -0.15) is 4.31 Å². The molecule has 4 aromatic rings. The Labute approximate surface area is 242 Å². The van der Waals surface area contributed by atoms with Crippen molar-refractivity contribution >= 4 is 10.0 Å². The quantitative estimate of drug-likeness (QED) is 0.253. The molecule has 41 heavy (non-hydrogen) atoms. The molecule has 0 unspecified atom stereocenters. The van der Waals surface area contributed by atoms with E-state index in [0.717, 1.165) is 72.7 Å². The molecule has 0 saturated carbocycles. The Kier molecular flexibility index (Phi) is 6.89. The van der Waals surface area contributed by atoms with Crippen molar-refractivity contribution < 1.29 is 17.9 Å². The van der Waals surface area contributed by atoms with Crippen molar-refractivity contribution in [2.75, 3.05) is 6.61 Å². The van der Waals surface area contributed by atoms with Gasteiger partial charge in [0.2, 0.25) is 10.0 Å². The van der Waals surface area contributed by atoms with Gasteiger partial charge in [0.25, 0.3) is 0 Å². The third-order valence-corrected chi connectivity index (χ3v) is 9.59. The van der Waals surface area contributed by atoms with Crippen molar-refractivity contribution in [3.05, 3.63) is 111 Å². The van der Waals surface area contributed by atoms with E-state index in [4.69, 9.17) is 9.47 Å². The molecule has 0 saturated heterocycles. The van der Waals surface area contributed by atoms with Crippen LogP contribution in [-0.2, 0) is 29.7 Å². The van der Waals surface area contributed by atoms with Gasteiger partial charge in [-0.05, 0) is 110 Å². The van der Waals surface area contributed by atoms with Crippen molar-refractivity contribution in [1.82, 2.24) is 4.31 Å². The summed E-state index contributed by atoms with van der Waals surface area (Å²) in [6.45, 7) is 11.4. The fraction of sp³-hybridized carbons (Fsp3) is 0.257. The van der Waals surface area contributed by atoms with E-state index in [1.54, 1.807) is 16.4 Å². The van der Waals surface area contributed by atoms with Gasteiger partial charge < -0.3 is 9.47 Å². The molecule has 208 valence electrons. The van der Waals surface area contributed by atoms with E-state index >= 15 is 0 Å². The second kappa shape index (κ2) is 10.4. The van der Waals surface area contributed by atoms with Crippen LogP contribution in [0.4, 0.5) is 0 Å².